The zero-order valence-corrected chi connectivity index (χ0v) is 56.3. The van der Waals surface area contributed by atoms with Crippen LogP contribution in [0.25, 0.3) is 0 Å². The lowest BCUT2D eigenvalue weighted by molar-refractivity contribution is -0.137. The van der Waals surface area contributed by atoms with Crippen LogP contribution in [0.3, 0.4) is 0 Å². The Morgan fingerprint density at radius 2 is 0.644 bits per heavy atom. The summed E-state index contributed by atoms with van der Waals surface area (Å²) in [4.78, 5) is 77.8. The summed E-state index contributed by atoms with van der Waals surface area (Å²) in [7, 11) is 1.94. The summed E-state index contributed by atoms with van der Waals surface area (Å²) in [6.07, 6.45) is -4.09. The highest BCUT2D eigenvalue weighted by Gasteiger charge is 2.35. The van der Waals surface area contributed by atoms with Gasteiger partial charge in [0.2, 0.25) is 0 Å². The topological polar surface area (TPSA) is 379 Å². The average Bonchev–Trinajstić information content (AvgIpc) is 3.30. The summed E-state index contributed by atoms with van der Waals surface area (Å²) < 4.78 is 8.80. The lowest BCUT2D eigenvalue weighted by Gasteiger charge is -2.33. The van der Waals surface area contributed by atoms with Gasteiger partial charge in [0.25, 0.3) is 23.6 Å². The first kappa shape index (κ1) is 72.3. The third-order valence-corrected chi connectivity index (χ3v) is 24.1. The first-order chi connectivity index (χ1) is 33.5. The third kappa shape index (κ3) is 23.3. The number of carbonyl (C=O) groups is 6. The Bertz CT molecular complexity index is 1990. The number of carboxylic acids is 2. The third-order valence-electron chi connectivity index (χ3n) is 10.2. The molecule has 4 atom stereocenters. The number of benzene rings is 2. The molecule has 0 bridgehead atoms. The van der Waals surface area contributed by atoms with Crippen molar-refractivity contribution in [2.24, 2.45) is 0 Å². The minimum atomic E-state index is -1.99. The largest absolute Gasteiger partial charge is 0.481 e. The van der Waals surface area contributed by atoms with Crippen LogP contribution >= 0.6 is 136 Å². The molecular weight excluding hydrogens is 1680 g/mol. The fourth-order valence-corrected chi connectivity index (χ4v) is 23.0. The molecule has 0 aliphatic rings. The summed E-state index contributed by atoms with van der Waals surface area (Å²) in [5, 5.41) is 91.7. The molecule has 23 nitrogen and oxygen atoms in total. The highest BCUT2D eigenvalue weighted by molar-refractivity contribution is 14.1. The molecule has 0 saturated heterocycles. The lowest BCUT2D eigenvalue weighted by atomic mass is 10.1. The molecule has 14 N–H and O–H groups in total. The van der Waals surface area contributed by atoms with Crippen LogP contribution in [-0.4, -0.2) is 228 Å². The highest BCUT2D eigenvalue weighted by Crippen LogP contribution is 2.37. The zero-order valence-electron chi connectivity index (χ0n) is 41.3. The van der Waals surface area contributed by atoms with E-state index >= 15 is 0 Å². The zero-order chi connectivity index (χ0) is 57.2. The fourth-order valence-electron chi connectivity index (χ4n) is 6.37. The molecule has 31 heteroatoms. The van der Waals surface area contributed by atoms with Crippen LogP contribution < -0.4 is 11.5 Å². The van der Waals surface area contributed by atoms with Crippen molar-refractivity contribution in [2.75, 3.05) is 92.3 Å². The van der Waals surface area contributed by atoms with Crippen LogP contribution in [0, 0.1) is 21.4 Å². The number of nitrogens with two attached hydrogens (primary N) is 2. The molecule has 0 aromatic heterocycles. The Balaban J connectivity index is 0.00000110. The second-order valence-corrected chi connectivity index (χ2v) is 33.0. The fraction of sp³-hybridized carbons (Fsp3) is 0.571. The maximum Gasteiger partial charge on any atom is 0.303 e. The maximum absolute atomic E-state index is 12.9. The van der Waals surface area contributed by atoms with Gasteiger partial charge in [0, 0.05) is 74.4 Å². The van der Waals surface area contributed by atoms with Crippen molar-refractivity contribution in [3.63, 3.8) is 0 Å². The number of nitrogen functional groups attached to an aromatic ring is 2. The van der Waals surface area contributed by atoms with Crippen LogP contribution in [0.15, 0.2) is 0 Å². The molecule has 2 aromatic carbocycles. The van der Waals surface area contributed by atoms with Gasteiger partial charge in [-0.2, -0.15) is 0 Å². The standard InChI is InChI=1S/2C16H22I3N3O6.C10H22O5Si2/c2*1-21(3-7(25)5-23)15(27)9-11(17)10(13(19)14(20)12(9)18)16(28)22(2)4-8(26)6-24;1-16(2,7-5-9(11)12)15-17(3,4)8-6-10(13)14/h2*7-8,23-26H,3-6,20H2,1-2H3;5-8H2,1-4H3,(H,11,12)(H,13,14). The first-order valence-electron chi connectivity index (χ1n) is 21.7. The minimum Gasteiger partial charge on any atom is -0.481 e. The molecule has 4 amide bonds. The molecule has 73 heavy (non-hydrogen) atoms. The second kappa shape index (κ2) is 33.7. The van der Waals surface area contributed by atoms with Crippen molar-refractivity contribution >= 4 is 199 Å². The molecule has 2 aromatic rings. The SMILES string of the molecule is CN(CC(O)CO)C(=O)c1c(I)c(N)c(I)c(C(=O)N(C)CC(O)CO)c1I.CN(CC(O)CO)C(=O)c1c(I)c(N)c(I)c(C(=O)N(C)CC(O)CO)c1I.C[Si](C)(CCC(=O)O)O[Si](C)(C)CCC(=O)O. The quantitative estimate of drug-likeness (QED) is 0.0407. The molecule has 0 fully saturated rings. The molecule has 0 aliphatic carbocycles. The van der Waals surface area contributed by atoms with E-state index in [1.165, 1.54) is 47.8 Å². The van der Waals surface area contributed by atoms with Crippen LogP contribution in [-0.2, 0) is 13.7 Å². The van der Waals surface area contributed by atoms with Gasteiger partial charge in [0.05, 0.1) is 98.8 Å². The highest BCUT2D eigenvalue weighted by atomic mass is 127. The summed E-state index contributed by atoms with van der Waals surface area (Å²) in [5.41, 5.74) is 13.8. The molecule has 0 radical (unpaired) electrons. The Labute approximate surface area is 508 Å². The monoisotopic (exact) mass is 1740 g/mol. The van der Waals surface area contributed by atoms with Crippen molar-refractivity contribution in [3.05, 3.63) is 43.7 Å². The number of rotatable bonds is 24. The summed E-state index contributed by atoms with van der Waals surface area (Å²) in [5.74, 6) is -3.40. The van der Waals surface area contributed by atoms with Gasteiger partial charge in [0.15, 0.2) is 16.6 Å². The second-order valence-electron chi connectivity index (χ2n) is 17.7. The van der Waals surface area contributed by atoms with Gasteiger partial charge < -0.3 is 86.2 Å². The molecule has 0 spiro atoms. The number of anilines is 2. The molecule has 0 saturated carbocycles. The van der Waals surface area contributed by atoms with Crippen molar-refractivity contribution in [3.8, 4) is 0 Å². The molecule has 416 valence electrons. The van der Waals surface area contributed by atoms with E-state index in [1.807, 2.05) is 162 Å². The smallest absolute Gasteiger partial charge is 0.303 e. The summed E-state index contributed by atoms with van der Waals surface area (Å²) >= 11 is 11.6. The number of hydrogen-bond acceptors (Lipinski definition) is 17. The number of amides is 4. The Hall–Kier alpha value is -0.686. The molecule has 4 unspecified atom stereocenters. The van der Waals surface area contributed by atoms with Gasteiger partial charge in [-0.1, -0.05) is 0 Å². The van der Waals surface area contributed by atoms with Crippen LogP contribution in [0.5, 0.6) is 0 Å². The summed E-state index contributed by atoms with van der Waals surface area (Å²) in [6, 6.07) is 1.15. The molecular formula is C42H66I6N6O17Si2. The number of nitrogens with zero attached hydrogens (tertiary/aromatic N) is 4. The predicted octanol–water partition coefficient (Wildman–Crippen LogP) is 2.23. The van der Waals surface area contributed by atoms with Gasteiger partial charge in [-0.05, 0) is 174 Å². The first-order valence-corrected chi connectivity index (χ1v) is 34.4. The van der Waals surface area contributed by atoms with Gasteiger partial charge >= 0.3 is 11.9 Å². The number of aliphatic hydroxyl groups excluding tert-OH is 8. The number of likely N-dealkylation sites (N-methyl/N-ethyl adjacent to an activating group) is 4. The van der Waals surface area contributed by atoms with Gasteiger partial charge in [-0.25, -0.2) is 0 Å². The van der Waals surface area contributed by atoms with E-state index in [0.29, 0.717) is 33.5 Å². The molecule has 0 aliphatic heterocycles. The van der Waals surface area contributed by atoms with Gasteiger partial charge in [-0.3, -0.25) is 28.8 Å². The van der Waals surface area contributed by atoms with Crippen molar-refractivity contribution < 1.29 is 83.9 Å². The molecule has 0 heterocycles. The number of halogens is 6. The maximum atomic E-state index is 12.9. The van der Waals surface area contributed by atoms with E-state index in [9.17, 15) is 49.2 Å². The van der Waals surface area contributed by atoms with Crippen molar-refractivity contribution in [2.45, 2.75) is 75.5 Å². The van der Waals surface area contributed by atoms with E-state index in [0.717, 1.165) is 0 Å². The van der Waals surface area contributed by atoms with Crippen molar-refractivity contribution in [1.82, 2.24) is 19.6 Å². The minimum absolute atomic E-state index is 0.0841. The number of carbonyl (C=O) groups excluding carboxylic acids is 4. The van der Waals surface area contributed by atoms with E-state index in [1.54, 1.807) is 0 Å². The van der Waals surface area contributed by atoms with Crippen molar-refractivity contribution in [1.29, 1.82) is 0 Å². The van der Waals surface area contributed by atoms with E-state index in [-0.39, 0.29) is 72.6 Å². The van der Waals surface area contributed by atoms with Gasteiger partial charge in [-0.15, -0.1) is 0 Å². The van der Waals surface area contributed by atoms with Crippen LogP contribution in [0.2, 0.25) is 38.3 Å². The van der Waals surface area contributed by atoms with E-state index < -0.39 is 103 Å². The number of aliphatic carboxylic acids is 2. The summed E-state index contributed by atoms with van der Waals surface area (Å²) in [6.45, 7) is 5.69. The van der Waals surface area contributed by atoms with Gasteiger partial charge in [0.1, 0.15) is 0 Å². The Morgan fingerprint density at radius 3 is 0.808 bits per heavy atom. The predicted molar refractivity (Wildman–Crippen MR) is 328 cm³/mol. The molecule has 2 rings (SSSR count). The van der Waals surface area contributed by atoms with E-state index in [2.05, 4.69) is 0 Å². The normalized spacial score (nSPS) is 13.0. The average molecular weight is 1740 g/mol. The number of aliphatic hydroxyl groups is 8. The van der Waals surface area contributed by atoms with Crippen LogP contribution in [0.4, 0.5) is 11.4 Å². The lowest BCUT2D eigenvalue weighted by Crippen LogP contribution is -2.44. The van der Waals surface area contributed by atoms with E-state index in [4.69, 9.17) is 46.2 Å². The van der Waals surface area contributed by atoms with Crippen LogP contribution in [0.1, 0.15) is 54.3 Å². The Morgan fingerprint density at radius 1 is 0.452 bits per heavy atom. The number of carboxylic acid groups (broad SMARTS) is 2. The number of hydrogen-bond donors (Lipinski definition) is 12. The Kier molecular flexibility index (Phi) is 33.4.